The molecule has 0 aliphatic carbocycles. The second kappa shape index (κ2) is 6.60. The first-order chi connectivity index (χ1) is 12.9. The monoisotopic (exact) mass is 402 g/mol. The van der Waals surface area contributed by atoms with Crippen molar-refractivity contribution in [3.05, 3.63) is 72.2 Å². The lowest BCUT2D eigenvalue weighted by atomic mass is 10.3. The number of thiazole rings is 1. The number of furan rings is 1. The van der Waals surface area contributed by atoms with Crippen LogP contribution in [-0.2, 0) is 9.84 Å². The van der Waals surface area contributed by atoms with Gasteiger partial charge in [-0.2, -0.15) is 0 Å². The summed E-state index contributed by atoms with van der Waals surface area (Å²) in [5, 5.41) is 2.45. The Morgan fingerprint density at radius 1 is 1.07 bits per heavy atom. The van der Waals surface area contributed by atoms with Crippen molar-refractivity contribution in [1.82, 2.24) is 4.98 Å². The number of fused-ring (bicyclic) bond motifs is 1. The molecule has 1 amide bonds. The van der Waals surface area contributed by atoms with Gasteiger partial charge in [-0.25, -0.2) is 17.8 Å². The fourth-order valence-electron chi connectivity index (χ4n) is 2.41. The van der Waals surface area contributed by atoms with Gasteiger partial charge in [0.2, 0.25) is 14.9 Å². The summed E-state index contributed by atoms with van der Waals surface area (Å²) in [6.07, 6.45) is 0. The average Bonchev–Trinajstić information content (AvgIpc) is 3.29. The van der Waals surface area contributed by atoms with Gasteiger partial charge in [0.15, 0.2) is 10.9 Å². The number of nitrogens with one attached hydrogen (secondary N) is 1. The zero-order chi connectivity index (χ0) is 19.0. The van der Waals surface area contributed by atoms with Crippen molar-refractivity contribution in [2.24, 2.45) is 0 Å². The third-order valence-electron chi connectivity index (χ3n) is 3.69. The number of nitrogens with zero attached hydrogens (tertiary/aromatic N) is 1. The molecule has 136 valence electrons. The highest BCUT2D eigenvalue weighted by molar-refractivity contribution is 7.91. The topological polar surface area (TPSA) is 89.3 Å². The molecule has 27 heavy (non-hydrogen) atoms. The van der Waals surface area contributed by atoms with Crippen LogP contribution in [0.4, 0.5) is 9.52 Å². The highest BCUT2D eigenvalue weighted by Gasteiger charge is 2.23. The molecule has 0 fully saturated rings. The second-order valence-corrected chi connectivity index (χ2v) is 8.43. The van der Waals surface area contributed by atoms with Gasteiger partial charge in [0.1, 0.15) is 5.82 Å². The number of anilines is 1. The summed E-state index contributed by atoms with van der Waals surface area (Å²) in [5.74, 6) is -1.22. The molecule has 0 bridgehead atoms. The van der Waals surface area contributed by atoms with Crippen LogP contribution in [0.2, 0.25) is 0 Å². The van der Waals surface area contributed by atoms with Crippen LogP contribution in [0.25, 0.3) is 10.2 Å². The van der Waals surface area contributed by atoms with Gasteiger partial charge >= 0.3 is 0 Å². The van der Waals surface area contributed by atoms with Gasteiger partial charge in [-0.15, -0.1) is 0 Å². The van der Waals surface area contributed by atoms with E-state index in [9.17, 15) is 17.6 Å². The molecule has 0 aliphatic rings. The van der Waals surface area contributed by atoms with Gasteiger partial charge in [-0.05, 0) is 42.5 Å². The molecule has 4 rings (SSSR count). The fraction of sp³-hybridized carbons (Fsp3) is 0. The number of amides is 1. The van der Waals surface area contributed by atoms with Crippen molar-refractivity contribution in [2.45, 2.75) is 9.99 Å². The van der Waals surface area contributed by atoms with Gasteiger partial charge in [0, 0.05) is 0 Å². The Labute approximate surface area is 157 Å². The summed E-state index contributed by atoms with van der Waals surface area (Å²) in [4.78, 5) is 16.6. The third kappa shape index (κ3) is 3.34. The van der Waals surface area contributed by atoms with Crippen LogP contribution in [0.5, 0.6) is 0 Å². The Hall–Kier alpha value is -3.04. The maximum atomic E-state index is 13.2. The third-order valence-corrected chi connectivity index (χ3v) is 6.27. The van der Waals surface area contributed by atoms with Crippen molar-refractivity contribution < 1.29 is 22.0 Å². The highest BCUT2D eigenvalue weighted by Crippen LogP contribution is 2.28. The quantitative estimate of drug-likeness (QED) is 0.555. The van der Waals surface area contributed by atoms with E-state index >= 15 is 0 Å². The number of hydrogen-bond donors (Lipinski definition) is 1. The number of carbonyl (C=O) groups is 1. The number of sulfone groups is 1. The largest absolute Gasteiger partial charge is 0.439 e. The molecule has 0 saturated carbocycles. The number of carbonyl (C=O) groups excluding carboxylic acids is 1. The van der Waals surface area contributed by atoms with E-state index in [-0.39, 0.29) is 20.9 Å². The molecule has 4 aromatic rings. The van der Waals surface area contributed by atoms with E-state index in [4.69, 9.17) is 4.42 Å². The molecule has 0 spiro atoms. The number of aromatic nitrogens is 1. The van der Waals surface area contributed by atoms with E-state index < -0.39 is 21.6 Å². The van der Waals surface area contributed by atoms with Crippen molar-refractivity contribution in [2.75, 3.05) is 5.32 Å². The van der Waals surface area contributed by atoms with Crippen molar-refractivity contribution >= 4 is 42.4 Å². The van der Waals surface area contributed by atoms with Crippen LogP contribution in [0.1, 0.15) is 10.6 Å². The van der Waals surface area contributed by atoms with E-state index in [1.165, 1.54) is 42.5 Å². The average molecular weight is 402 g/mol. The standard InChI is InChI=1S/C18H11FN2O4S2/c19-11-6-7-13-15(10-11)26-18(20-13)21-17(22)14-8-9-16(25-14)27(23,24)12-4-2-1-3-5-12/h1-10H,(H,20,21,22). The van der Waals surface area contributed by atoms with E-state index in [0.29, 0.717) is 10.2 Å². The first kappa shape index (κ1) is 17.4. The Kier molecular flexibility index (Phi) is 4.25. The lowest BCUT2D eigenvalue weighted by Crippen LogP contribution is -2.10. The SMILES string of the molecule is O=C(Nc1nc2ccc(F)cc2s1)c1ccc(S(=O)(=O)c2ccccc2)o1. The molecule has 0 atom stereocenters. The first-order valence-corrected chi connectivity index (χ1v) is 10.0. The summed E-state index contributed by atoms with van der Waals surface area (Å²) >= 11 is 1.10. The Morgan fingerprint density at radius 3 is 2.63 bits per heavy atom. The minimum absolute atomic E-state index is 0.0690. The van der Waals surface area contributed by atoms with Crippen molar-refractivity contribution in [3.63, 3.8) is 0 Å². The summed E-state index contributed by atoms with van der Waals surface area (Å²) in [5.41, 5.74) is 0.545. The molecule has 0 aliphatic heterocycles. The molecule has 6 nitrogen and oxygen atoms in total. The van der Waals surface area contributed by atoms with Crippen molar-refractivity contribution in [1.29, 1.82) is 0 Å². The zero-order valence-electron chi connectivity index (χ0n) is 13.5. The van der Waals surface area contributed by atoms with E-state index in [1.54, 1.807) is 18.2 Å². The van der Waals surface area contributed by atoms with E-state index in [1.807, 2.05) is 0 Å². The predicted octanol–water partition coefficient (Wildman–Crippen LogP) is 4.11. The molecule has 0 radical (unpaired) electrons. The highest BCUT2D eigenvalue weighted by atomic mass is 32.2. The van der Waals surface area contributed by atoms with Crippen molar-refractivity contribution in [3.8, 4) is 0 Å². The lowest BCUT2D eigenvalue weighted by molar-refractivity contribution is 0.0991. The summed E-state index contributed by atoms with van der Waals surface area (Å²) in [6, 6.07) is 14.4. The van der Waals surface area contributed by atoms with Crippen LogP contribution in [0.15, 0.2) is 75.1 Å². The Bertz CT molecular complexity index is 1250. The van der Waals surface area contributed by atoms with Crippen LogP contribution in [-0.4, -0.2) is 19.3 Å². The predicted molar refractivity (Wildman–Crippen MR) is 98.1 cm³/mol. The van der Waals surface area contributed by atoms with Crippen LogP contribution in [0, 0.1) is 5.82 Å². The summed E-state index contributed by atoms with van der Waals surface area (Å²) < 4.78 is 44.1. The summed E-state index contributed by atoms with van der Waals surface area (Å²) in [7, 11) is -3.85. The van der Waals surface area contributed by atoms with Gasteiger partial charge in [-0.1, -0.05) is 29.5 Å². The van der Waals surface area contributed by atoms with E-state index in [0.717, 1.165) is 11.3 Å². The molecule has 1 N–H and O–H groups in total. The number of halogens is 1. The van der Waals surface area contributed by atoms with Gasteiger partial charge in [0.05, 0.1) is 15.1 Å². The molecule has 9 heteroatoms. The normalized spacial score (nSPS) is 11.6. The first-order valence-electron chi connectivity index (χ1n) is 7.71. The zero-order valence-corrected chi connectivity index (χ0v) is 15.2. The van der Waals surface area contributed by atoms with E-state index in [2.05, 4.69) is 10.3 Å². The summed E-state index contributed by atoms with van der Waals surface area (Å²) in [6.45, 7) is 0. The number of rotatable bonds is 4. The van der Waals surface area contributed by atoms with Crippen LogP contribution >= 0.6 is 11.3 Å². The molecule has 2 heterocycles. The molecule has 0 unspecified atom stereocenters. The molecule has 0 saturated heterocycles. The lowest BCUT2D eigenvalue weighted by Gasteiger charge is -2.01. The van der Waals surface area contributed by atoms with Gasteiger partial charge < -0.3 is 4.42 Å². The van der Waals surface area contributed by atoms with Crippen LogP contribution in [0.3, 0.4) is 0 Å². The Morgan fingerprint density at radius 2 is 1.85 bits per heavy atom. The van der Waals surface area contributed by atoms with Gasteiger partial charge in [-0.3, -0.25) is 10.1 Å². The minimum atomic E-state index is -3.85. The molecule has 2 aromatic heterocycles. The maximum absolute atomic E-state index is 13.2. The molecular weight excluding hydrogens is 391 g/mol. The minimum Gasteiger partial charge on any atom is -0.439 e. The Balaban J connectivity index is 1.58. The molecule has 2 aromatic carbocycles. The fourth-order valence-corrected chi connectivity index (χ4v) is 4.49. The number of hydrogen-bond acceptors (Lipinski definition) is 6. The maximum Gasteiger partial charge on any atom is 0.293 e. The van der Waals surface area contributed by atoms with Gasteiger partial charge in [0.25, 0.3) is 5.91 Å². The number of benzene rings is 2. The smallest absolute Gasteiger partial charge is 0.293 e. The van der Waals surface area contributed by atoms with Crippen LogP contribution < -0.4 is 5.32 Å². The second-order valence-electron chi connectivity index (χ2n) is 5.52. The molecular formula is C18H11FN2O4S2.